The molecule has 1 fully saturated rings. The van der Waals surface area contributed by atoms with E-state index in [1.165, 1.54) is 12.1 Å². The molecule has 4 nitrogen and oxygen atoms in total. The van der Waals surface area contributed by atoms with Crippen molar-refractivity contribution in [3.63, 3.8) is 0 Å². The highest BCUT2D eigenvalue weighted by atomic mass is 35.5. The fourth-order valence-corrected chi connectivity index (χ4v) is 2.37. The van der Waals surface area contributed by atoms with Gasteiger partial charge >= 0.3 is 0 Å². The van der Waals surface area contributed by atoms with Crippen LogP contribution >= 0.6 is 11.6 Å². The van der Waals surface area contributed by atoms with E-state index in [1.54, 1.807) is 19.4 Å². The van der Waals surface area contributed by atoms with Crippen molar-refractivity contribution in [1.82, 2.24) is 4.98 Å². The van der Waals surface area contributed by atoms with E-state index >= 15 is 0 Å². The normalized spacial score (nSPS) is 14.7. The third-order valence-corrected chi connectivity index (χ3v) is 3.63. The summed E-state index contributed by atoms with van der Waals surface area (Å²) in [7, 11) is 1.59. The van der Waals surface area contributed by atoms with Crippen molar-refractivity contribution in [2.45, 2.75) is 6.10 Å². The Morgan fingerprint density at radius 2 is 2.10 bits per heavy atom. The molecule has 0 N–H and O–H groups in total. The minimum absolute atomic E-state index is 0.0371. The van der Waals surface area contributed by atoms with Crippen molar-refractivity contribution in [1.29, 1.82) is 0 Å². The summed E-state index contributed by atoms with van der Waals surface area (Å²) in [6.07, 6.45) is 1.80. The van der Waals surface area contributed by atoms with Gasteiger partial charge in [-0.05, 0) is 24.3 Å². The summed E-state index contributed by atoms with van der Waals surface area (Å²) in [5.41, 5.74) is 1.01. The first kappa shape index (κ1) is 13.9. The zero-order valence-corrected chi connectivity index (χ0v) is 12.2. The van der Waals surface area contributed by atoms with Crippen LogP contribution in [0, 0.1) is 5.82 Å². The number of ether oxygens (including phenoxy) is 2. The smallest absolute Gasteiger partial charge is 0.213 e. The lowest BCUT2D eigenvalue weighted by atomic mass is 10.1. The Bertz CT molecular complexity index is 630. The molecule has 1 aromatic heterocycles. The van der Waals surface area contributed by atoms with E-state index in [0.29, 0.717) is 16.7 Å². The second-order valence-electron chi connectivity index (χ2n) is 4.78. The maximum absolute atomic E-state index is 13.0. The summed E-state index contributed by atoms with van der Waals surface area (Å²) in [6.45, 7) is 1.48. The van der Waals surface area contributed by atoms with E-state index in [0.717, 1.165) is 18.8 Å². The van der Waals surface area contributed by atoms with Gasteiger partial charge in [0.1, 0.15) is 17.7 Å². The molecule has 0 unspecified atom stereocenters. The van der Waals surface area contributed by atoms with Gasteiger partial charge in [0.2, 0.25) is 5.88 Å². The van der Waals surface area contributed by atoms with Gasteiger partial charge < -0.3 is 14.4 Å². The Balaban J connectivity index is 1.57. The number of halogens is 2. The van der Waals surface area contributed by atoms with Crippen LogP contribution < -0.4 is 14.4 Å². The standard InChI is InChI=1S/C15H14ClFN2O2/c1-20-15-5-3-11(7-18-15)19-8-12(9-19)21-14-4-2-10(17)6-13(14)16/h2-7,12H,8-9H2,1H3. The molecule has 110 valence electrons. The third kappa shape index (κ3) is 3.03. The Morgan fingerprint density at radius 1 is 1.29 bits per heavy atom. The Labute approximate surface area is 127 Å². The van der Waals surface area contributed by atoms with E-state index in [2.05, 4.69) is 9.88 Å². The second kappa shape index (κ2) is 5.77. The highest BCUT2D eigenvalue weighted by Crippen LogP contribution is 2.29. The van der Waals surface area contributed by atoms with Gasteiger partial charge in [0.15, 0.2) is 0 Å². The number of methoxy groups -OCH3 is 1. The van der Waals surface area contributed by atoms with Crippen molar-refractivity contribution in [2.75, 3.05) is 25.1 Å². The molecule has 6 heteroatoms. The summed E-state index contributed by atoms with van der Waals surface area (Å²) >= 11 is 5.94. The summed E-state index contributed by atoms with van der Waals surface area (Å²) in [5.74, 6) is 0.729. The molecule has 0 atom stereocenters. The summed E-state index contributed by atoms with van der Waals surface area (Å²) in [6, 6.07) is 7.91. The summed E-state index contributed by atoms with van der Waals surface area (Å²) in [5, 5.41) is 0.291. The molecule has 3 rings (SSSR count). The van der Waals surface area contributed by atoms with Crippen LogP contribution in [0.1, 0.15) is 0 Å². The minimum atomic E-state index is -0.369. The maximum atomic E-state index is 13.0. The second-order valence-corrected chi connectivity index (χ2v) is 5.19. The highest BCUT2D eigenvalue weighted by molar-refractivity contribution is 6.32. The monoisotopic (exact) mass is 308 g/mol. The first-order chi connectivity index (χ1) is 10.2. The molecule has 2 heterocycles. The molecule has 1 aliphatic rings. The van der Waals surface area contributed by atoms with Gasteiger partial charge in [-0.25, -0.2) is 9.37 Å². The fraction of sp³-hybridized carbons (Fsp3) is 0.267. The Kier molecular flexibility index (Phi) is 3.84. The molecule has 1 saturated heterocycles. The predicted octanol–water partition coefficient (Wildman–Crippen LogP) is 3.15. The molecule has 1 aromatic carbocycles. The lowest BCUT2D eigenvalue weighted by Gasteiger charge is -2.40. The van der Waals surface area contributed by atoms with E-state index in [1.807, 2.05) is 12.1 Å². The molecule has 0 amide bonds. The van der Waals surface area contributed by atoms with Crippen LogP contribution in [-0.2, 0) is 0 Å². The SMILES string of the molecule is COc1ccc(N2CC(Oc3ccc(F)cc3Cl)C2)cn1. The maximum Gasteiger partial charge on any atom is 0.213 e. The van der Waals surface area contributed by atoms with Gasteiger partial charge in [-0.15, -0.1) is 0 Å². The predicted molar refractivity (Wildman–Crippen MR) is 78.8 cm³/mol. The summed E-state index contributed by atoms with van der Waals surface area (Å²) < 4.78 is 23.7. The summed E-state index contributed by atoms with van der Waals surface area (Å²) in [4.78, 5) is 6.30. The van der Waals surface area contributed by atoms with Crippen molar-refractivity contribution < 1.29 is 13.9 Å². The average molecular weight is 309 g/mol. The number of benzene rings is 1. The number of hydrogen-bond donors (Lipinski definition) is 0. The molecular weight excluding hydrogens is 295 g/mol. The number of aromatic nitrogens is 1. The molecule has 0 radical (unpaired) electrons. The van der Waals surface area contributed by atoms with Crippen LogP contribution in [-0.4, -0.2) is 31.3 Å². The third-order valence-electron chi connectivity index (χ3n) is 3.33. The number of anilines is 1. The van der Waals surface area contributed by atoms with E-state index < -0.39 is 0 Å². The topological polar surface area (TPSA) is 34.6 Å². The van der Waals surface area contributed by atoms with Crippen LogP contribution in [0.25, 0.3) is 0 Å². The van der Waals surface area contributed by atoms with Gasteiger partial charge in [0.05, 0.1) is 37.1 Å². The van der Waals surface area contributed by atoms with Crippen LogP contribution in [0.3, 0.4) is 0 Å². The Hall–Kier alpha value is -2.01. The van der Waals surface area contributed by atoms with Gasteiger partial charge in [-0.1, -0.05) is 11.6 Å². The largest absolute Gasteiger partial charge is 0.485 e. The minimum Gasteiger partial charge on any atom is -0.485 e. The molecule has 21 heavy (non-hydrogen) atoms. The van der Waals surface area contributed by atoms with Crippen LogP contribution in [0.5, 0.6) is 11.6 Å². The van der Waals surface area contributed by atoms with E-state index in [-0.39, 0.29) is 11.9 Å². The van der Waals surface area contributed by atoms with Gasteiger partial charge in [0.25, 0.3) is 0 Å². The number of rotatable bonds is 4. The van der Waals surface area contributed by atoms with E-state index in [9.17, 15) is 4.39 Å². The number of nitrogens with zero attached hydrogens (tertiary/aromatic N) is 2. The molecule has 0 aliphatic carbocycles. The van der Waals surface area contributed by atoms with Gasteiger partial charge in [-0.3, -0.25) is 0 Å². The molecule has 2 aromatic rings. The van der Waals surface area contributed by atoms with Crippen molar-refractivity contribution >= 4 is 17.3 Å². The van der Waals surface area contributed by atoms with Gasteiger partial charge in [-0.2, -0.15) is 0 Å². The van der Waals surface area contributed by atoms with Crippen LogP contribution in [0.2, 0.25) is 5.02 Å². The zero-order valence-electron chi connectivity index (χ0n) is 11.4. The van der Waals surface area contributed by atoms with Crippen molar-refractivity contribution in [3.05, 3.63) is 47.4 Å². The number of hydrogen-bond acceptors (Lipinski definition) is 4. The zero-order chi connectivity index (χ0) is 14.8. The van der Waals surface area contributed by atoms with Crippen molar-refractivity contribution in [2.24, 2.45) is 0 Å². The quantitative estimate of drug-likeness (QED) is 0.869. The van der Waals surface area contributed by atoms with Crippen molar-refractivity contribution in [3.8, 4) is 11.6 Å². The van der Waals surface area contributed by atoms with E-state index in [4.69, 9.17) is 21.1 Å². The lowest BCUT2D eigenvalue weighted by Crippen LogP contribution is -2.54. The average Bonchev–Trinajstić information content (AvgIpc) is 2.44. The molecular formula is C15H14ClFN2O2. The Morgan fingerprint density at radius 3 is 2.71 bits per heavy atom. The molecule has 1 aliphatic heterocycles. The lowest BCUT2D eigenvalue weighted by molar-refractivity contribution is 0.167. The van der Waals surface area contributed by atoms with Crippen LogP contribution in [0.15, 0.2) is 36.5 Å². The fourth-order valence-electron chi connectivity index (χ4n) is 2.15. The van der Waals surface area contributed by atoms with Crippen LogP contribution in [0.4, 0.5) is 10.1 Å². The molecule has 0 saturated carbocycles. The first-order valence-corrected chi connectivity index (χ1v) is 6.90. The first-order valence-electron chi connectivity index (χ1n) is 6.52. The number of pyridine rings is 1. The molecule has 0 spiro atoms. The van der Waals surface area contributed by atoms with Gasteiger partial charge in [0, 0.05) is 6.07 Å². The highest BCUT2D eigenvalue weighted by Gasteiger charge is 2.29. The molecule has 0 bridgehead atoms.